The van der Waals surface area contributed by atoms with E-state index in [2.05, 4.69) is 19.9 Å². The maximum atomic E-state index is 11.4. The normalized spacial score (nSPS) is 12.0. The number of carbonyl (C=O) groups is 1. The molecule has 5 rings (SSSR count). The Kier molecular flexibility index (Phi) is 4.36. The number of hydrogen-bond donors (Lipinski definition) is 2. The number of aromatic amines is 2. The van der Waals surface area contributed by atoms with Crippen LogP contribution in [0.5, 0.6) is 0 Å². The fourth-order valence-electron chi connectivity index (χ4n) is 3.14. The topological polar surface area (TPSA) is 74.4 Å². The van der Waals surface area contributed by atoms with Crippen LogP contribution in [0.2, 0.25) is 0 Å². The summed E-state index contributed by atoms with van der Waals surface area (Å²) in [5, 5.41) is 0. The molecule has 3 aromatic rings. The van der Waals surface area contributed by atoms with Gasteiger partial charge in [-0.3, -0.25) is 4.79 Å². The summed E-state index contributed by atoms with van der Waals surface area (Å²) in [6.07, 6.45) is 8.66. The van der Waals surface area contributed by atoms with Gasteiger partial charge in [-0.2, -0.15) is 0 Å². The zero-order chi connectivity index (χ0) is 17.5. The van der Waals surface area contributed by atoms with Gasteiger partial charge in [0.1, 0.15) is 0 Å². The second kappa shape index (κ2) is 6.83. The molecule has 0 unspecified atom stereocenters. The predicted octanol–water partition coefficient (Wildman–Crippen LogP) is 4.47. The van der Waals surface area contributed by atoms with Crippen molar-refractivity contribution in [2.45, 2.75) is 0 Å². The molecule has 135 valence electrons. The van der Waals surface area contributed by atoms with Crippen LogP contribution in [0.3, 0.4) is 0 Å². The van der Waals surface area contributed by atoms with E-state index in [4.69, 9.17) is 0 Å². The molecule has 2 N–H and O–H groups in total. The molecule has 0 fully saturated rings. The number of hydrogen-bond acceptors (Lipinski definition) is 3. The Balaban J connectivity index is 0.00000180. The molecule has 1 radical (unpaired) electrons. The number of nitrogens with one attached hydrogen (secondary N) is 2. The van der Waals surface area contributed by atoms with Crippen molar-refractivity contribution < 1.29 is 21.9 Å². The van der Waals surface area contributed by atoms with Crippen LogP contribution < -0.4 is 0 Å². The van der Waals surface area contributed by atoms with Gasteiger partial charge in [0, 0.05) is 39.2 Å². The first-order chi connectivity index (χ1) is 12.7. The van der Waals surface area contributed by atoms with Gasteiger partial charge in [-0.05, 0) is 66.8 Å². The number of nitrogens with zero attached hydrogens (tertiary/aromatic N) is 2. The molecule has 2 aliphatic rings. The second-order valence-electron chi connectivity index (χ2n) is 6.25. The number of aldehydes is 1. The van der Waals surface area contributed by atoms with Crippen molar-refractivity contribution in [1.82, 2.24) is 19.9 Å². The molecular weight excluding hydrogens is 388 g/mol. The van der Waals surface area contributed by atoms with Crippen molar-refractivity contribution in [3.63, 3.8) is 0 Å². The smallest absolute Gasteiger partial charge is 0.152 e. The number of rotatable bonds is 1. The van der Waals surface area contributed by atoms with Crippen molar-refractivity contribution in [2.75, 3.05) is 0 Å². The molecule has 0 aliphatic carbocycles. The minimum atomic E-state index is 0. The molecule has 8 bridgehead atoms. The molecular formula is C21H14CuN4O. The summed E-state index contributed by atoms with van der Waals surface area (Å²) >= 11 is 0. The first-order valence-corrected chi connectivity index (χ1v) is 8.29. The predicted molar refractivity (Wildman–Crippen MR) is 104 cm³/mol. The van der Waals surface area contributed by atoms with E-state index in [-0.39, 0.29) is 17.1 Å². The molecule has 0 aromatic carbocycles. The summed E-state index contributed by atoms with van der Waals surface area (Å²) in [5.74, 6) is 0. The Hall–Kier alpha value is -3.21. The van der Waals surface area contributed by atoms with Crippen molar-refractivity contribution in [3.05, 3.63) is 70.8 Å². The first kappa shape index (κ1) is 17.2. The van der Waals surface area contributed by atoms with E-state index in [1.165, 1.54) is 0 Å². The molecule has 2 aliphatic heterocycles. The van der Waals surface area contributed by atoms with Gasteiger partial charge in [0.15, 0.2) is 6.29 Å². The van der Waals surface area contributed by atoms with Crippen LogP contribution in [0.1, 0.15) is 33.1 Å². The molecule has 0 saturated heterocycles. The molecule has 0 saturated carbocycles. The van der Waals surface area contributed by atoms with Crippen LogP contribution in [0.25, 0.3) is 46.4 Å². The molecule has 0 spiro atoms. The average molecular weight is 402 g/mol. The maximum absolute atomic E-state index is 11.4. The molecule has 3 aromatic heterocycles. The summed E-state index contributed by atoms with van der Waals surface area (Å²) in [6.45, 7) is 0. The van der Waals surface area contributed by atoms with Crippen molar-refractivity contribution >= 4 is 52.7 Å². The van der Waals surface area contributed by atoms with Gasteiger partial charge in [0.25, 0.3) is 0 Å². The fraction of sp³-hybridized carbons (Fsp3) is 0. The average Bonchev–Trinajstić information content (AvgIpc) is 3.39. The second-order valence-corrected chi connectivity index (χ2v) is 6.25. The van der Waals surface area contributed by atoms with Crippen molar-refractivity contribution in [1.29, 1.82) is 0 Å². The molecule has 0 amide bonds. The maximum Gasteiger partial charge on any atom is 0.152 e. The van der Waals surface area contributed by atoms with Gasteiger partial charge in [-0.25, -0.2) is 9.97 Å². The Morgan fingerprint density at radius 1 is 0.667 bits per heavy atom. The third-order valence-electron chi connectivity index (χ3n) is 4.33. The van der Waals surface area contributed by atoms with Crippen LogP contribution in [0.15, 0.2) is 42.5 Å². The first-order valence-electron chi connectivity index (χ1n) is 8.29. The van der Waals surface area contributed by atoms with Gasteiger partial charge in [0.05, 0.1) is 28.3 Å². The van der Waals surface area contributed by atoms with Crippen molar-refractivity contribution in [3.8, 4) is 0 Å². The van der Waals surface area contributed by atoms with Gasteiger partial charge < -0.3 is 9.97 Å². The Morgan fingerprint density at radius 2 is 1.19 bits per heavy atom. The van der Waals surface area contributed by atoms with E-state index in [0.717, 1.165) is 51.1 Å². The summed E-state index contributed by atoms with van der Waals surface area (Å²) < 4.78 is 0. The Morgan fingerprint density at radius 3 is 1.74 bits per heavy atom. The third-order valence-corrected chi connectivity index (χ3v) is 4.33. The zero-order valence-electron chi connectivity index (χ0n) is 14.0. The third kappa shape index (κ3) is 3.40. The summed E-state index contributed by atoms with van der Waals surface area (Å²) in [7, 11) is 0. The molecule has 0 atom stereocenters. The quantitative estimate of drug-likeness (QED) is 0.321. The molecule has 6 heteroatoms. The van der Waals surface area contributed by atoms with Gasteiger partial charge >= 0.3 is 0 Å². The zero-order valence-corrected chi connectivity index (χ0v) is 15.0. The van der Waals surface area contributed by atoms with E-state index in [1.54, 1.807) is 0 Å². The van der Waals surface area contributed by atoms with E-state index < -0.39 is 0 Å². The van der Waals surface area contributed by atoms with Crippen LogP contribution in [-0.4, -0.2) is 26.2 Å². The SMILES string of the molecule is O=Cc1cc2cc3nc(cc4ccc(cc5nc(cc1[nH]2)C=C5)[nH]4)C=C3.[Cu]. The van der Waals surface area contributed by atoms with Gasteiger partial charge in [-0.1, -0.05) is 0 Å². The van der Waals surface area contributed by atoms with Crippen LogP contribution in [0.4, 0.5) is 0 Å². The molecule has 5 heterocycles. The fourth-order valence-corrected chi connectivity index (χ4v) is 3.14. The number of fused-ring (bicyclic) bond motifs is 8. The standard InChI is InChI=1S/C21H14N4O.Cu/c26-12-13-7-20-10-18-4-3-16(23-18)8-14-1-2-15(22-14)9-17-5-6-19(24-17)11-21(13)25-20;/h1-12,22,25H;. The van der Waals surface area contributed by atoms with Gasteiger partial charge in [-0.15, -0.1) is 0 Å². The summed E-state index contributed by atoms with van der Waals surface area (Å²) in [6, 6.07) is 13.6. The van der Waals surface area contributed by atoms with E-state index in [9.17, 15) is 4.79 Å². The number of aromatic nitrogens is 4. The van der Waals surface area contributed by atoms with E-state index in [1.807, 2.05) is 66.8 Å². The number of H-pyrrole nitrogens is 2. The van der Waals surface area contributed by atoms with E-state index in [0.29, 0.717) is 5.56 Å². The number of carbonyl (C=O) groups excluding carboxylic acids is 1. The van der Waals surface area contributed by atoms with Crippen LogP contribution in [0, 0.1) is 0 Å². The van der Waals surface area contributed by atoms with Crippen LogP contribution >= 0.6 is 0 Å². The largest absolute Gasteiger partial charge is 0.355 e. The summed E-state index contributed by atoms with van der Waals surface area (Å²) in [4.78, 5) is 27.2. The Labute approximate surface area is 165 Å². The minimum Gasteiger partial charge on any atom is -0.355 e. The summed E-state index contributed by atoms with van der Waals surface area (Å²) in [5.41, 5.74) is 7.49. The van der Waals surface area contributed by atoms with Gasteiger partial charge in [0.2, 0.25) is 0 Å². The molecule has 27 heavy (non-hydrogen) atoms. The Bertz CT molecular complexity index is 1260. The molecule has 5 nitrogen and oxygen atoms in total. The van der Waals surface area contributed by atoms with Crippen molar-refractivity contribution in [2.24, 2.45) is 0 Å². The monoisotopic (exact) mass is 401 g/mol. The minimum absolute atomic E-state index is 0. The van der Waals surface area contributed by atoms with E-state index >= 15 is 0 Å². The van der Waals surface area contributed by atoms with Crippen LogP contribution in [-0.2, 0) is 17.1 Å².